The Bertz CT molecular complexity index is 1040. The molecule has 35 heavy (non-hydrogen) atoms. The van der Waals surface area contributed by atoms with Gasteiger partial charge in [0.15, 0.2) is 0 Å². The Kier molecular flexibility index (Phi) is 5.54. The van der Waals surface area contributed by atoms with Crippen molar-refractivity contribution in [1.29, 1.82) is 0 Å². The van der Waals surface area contributed by atoms with E-state index in [9.17, 15) is 0 Å². The summed E-state index contributed by atoms with van der Waals surface area (Å²) >= 11 is 0. The lowest BCUT2D eigenvalue weighted by atomic mass is 9.67. The van der Waals surface area contributed by atoms with Crippen molar-refractivity contribution in [2.45, 2.75) is 115 Å². The molecule has 2 aromatic carbocycles. The van der Waals surface area contributed by atoms with Crippen molar-refractivity contribution in [1.82, 2.24) is 4.90 Å². The van der Waals surface area contributed by atoms with E-state index in [1.54, 1.807) is 11.1 Å². The number of hydrogen-bond acceptors (Lipinski definition) is 2. The molecule has 0 amide bonds. The van der Waals surface area contributed by atoms with E-state index in [-0.39, 0.29) is 5.54 Å². The first-order valence-corrected chi connectivity index (χ1v) is 14.9. The molecule has 1 saturated heterocycles. The molecule has 0 spiro atoms. The monoisotopic (exact) mass is 468 g/mol. The molecule has 0 N–H and O–H groups in total. The van der Waals surface area contributed by atoms with Crippen LogP contribution in [0.2, 0.25) is 0 Å². The van der Waals surface area contributed by atoms with Crippen molar-refractivity contribution >= 4 is 5.69 Å². The minimum absolute atomic E-state index is 0.243. The van der Waals surface area contributed by atoms with Gasteiger partial charge >= 0.3 is 0 Å². The van der Waals surface area contributed by atoms with E-state index in [1.165, 1.54) is 88.3 Å². The Morgan fingerprint density at radius 1 is 0.714 bits per heavy atom. The maximum atomic E-state index is 3.23. The Morgan fingerprint density at radius 2 is 1.29 bits per heavy atom. The predicted molar refractivity (Wildman–Crippen MR) is 145 cm³/mol. The first-order valence-electron chi connectivity index (χ1n) is 14.9. The Balaban J connectivity index is 1.48. The van der Waals surface area contributed by atoms with E-state index in [0.29, 0.717) is 18.2 Å². The first-order chi connectivity index (χ1) is 17.2. The summed E-state index contributed by atoms with van der Waals surface area (Å²) < 4.78 is 0. The summed E-state index contributed by atoms with van der Waals surface area (Å²) in [6.45, 7) is 4.90. The Labute approximate surface area is 213 Å². The van der Waals surface area contributed by atoms with E-state index in [2.05, 4.69) is 72.2 Å². The van der Waals surface area contributed by atoms with Crippen molar-refractivity contribution in [2.24, 2.45) is 17.8 Å². The highest BCUT2D eigenvalue weighted by molar-refractivity contribution is 5.59. The molecule has 0 aromatic heterocycles. The average Bonchev–Trinajstić information content (AvgIpc) is 3.70. The molecule has 3 aliphatic carbocycles. The summed E-state index contributed by atoms with van der Waals surface area (Å²) in [6.07, 6.45) is 17.7. The van der Waals surface area contributed by atoms with Gasteiger partial charge in [-0.25, -0.2) is 0 Å². The van der Waals surface area contributed by atoms with Gasteiger partial charge in [0, 0.05) is 11.7 Å². The van der Waals surface area contributed by atoms with Crippen LogP contribution in [0, 0.1) is 24.7 Å². The van der Waals surface area contributed by atoms with Gasteiger partial charge < -0.3 is 4.90 Å². The largest absolute Gasteiger partial charge is 0.351 e. The normalized spacial score (nSPS) is 31.5. The molecule has 2 heterocycles. The molecule has 2 nitrogen and oxygen atoms in total. The molecule has 0 radical (unpaired) electrons. The lowest BCUT2D eigenvalue weighted by Gasteiger charge is -2.53. The van der Waals surface area contributed by atoms with Crippen LogP contribution in [0.4, 0.5) is 5.69 Å². The molecule has 3 atom stereocenters. The van der Waals surface area contributed by atoms with Gasteiger partial charge in [-0.05, 0) is 92.9 Å². The highest BCUT2D eigenvalue weighted by Gasteiger charge is 2.66. The van der Waals surface area contributed by atoms with E-state index in [1.807, 2.05) is 0 Å². The quantitative estimate of drug-likeness (QED) is 0.445. The zero-order valence-corrected chi connectivity index (χ0v) is 22.0. The molecule has 5 aliphatic rings. The van der Waals surface area contributed by atoms with E-state index in [4.69, 9.17) is 0 Å². The van der Waals surface area contributed by atoms with Gasteiger partial charge in [-0.2, -0.15) is 0 Å². The average molecular weight is 469 g/mol. The number of rotatable bonds is 4. The third-order valence-corrected chi connectivity index (χ3v) is 11.1. The molecule has 4 fully saturated rings. The number of anilines is 1. The number of fused-ring (bicyclic) bond motifs is 3. The second-order valence-corrected chi connectivity index (χ2v) is 12.6. The summed E-state index contributed by atoms with van der Waals surface area (Å²) in [5.41, 5.74) is 6.62. The number of para-hydroxylation sites is 1. The molecular formula is C33H44N2. The summed E-state index contributed by atoms with van der Waals surface area (Å²) in [7, 11) is 0. The first kappa shape index (κ1) is 22.4. The van der Waals surface area contributed by atoms with Crippen molar-refractivity contribution < 1.29 is 0 Å². The lowest BCUT2D eigenvalue weighted by Crippen LogP contribution is -2.58. The fourth-order valence-corrected chi connectivity index (χ4v) is 9.89. The van der Waals surface area contributed by atoms with Gasteiger partial charge in [-0.1, -0.05) is 81.0 Å². The van der Waals surface area contributed by atoms with Gasteiger partial charge in [0.25, 0.3) is 0 Å². The minimum Gasteiger partial charge on any atom is -0.351 e. The molecule has 2 heteroatoms. The summed E-state index contributed by atoms with van der Waals surface area (Å²) in [5, 5.41) is 0. The van der Waals surface area contributed by atoms with Crippen molar-refractivity contribution in [3.8, 4) is 0 Å². The molecule has 2 aromatic rings. The number of hydrogen-bond donors (Lipinski definition) is 0. The zero-order chi connectivity index (χ0) is 23.6. The molecule has 0 bridgehead atoms. The molecule has 7 rings (SSSR count). The Morgan fingerprint density at radius 3 is 1.94 bits per heavy atom. The van der Waals surface area contributed by atoms with Gasteiger partial charge in [0.05, 0.1) is 17.7 Å². The van der Waals surface area contributed by atoms with E-state index >= 15 is 0 Å². The molecule has 186 valence electrons. The number of benzene rings is 2. The standard InChI is InChI=1S/C33H44N2/c1-23-13-3-12-22-30(23)34-24(2)31-28-20-10-11-21-29(28)33(26-16-6-7-17-26,27-18-8-9-19-27)35(31)32(34)25-14-4-5-15-25/h3,10-13,20-22,24-27,31-32H,4-9,14-19H2,1-2H3/t24-,31?,32?/m0/s1. The maximum absolute atomic E-state index is 3.23. The Hall–Kier alpha value is -1.80. The summed E-state index contributed by atoms with van der Waals surface area (Å²) in [5.74, 6) is 2.44. The summed E-state index contributed by atoms with van der Waals surface area (Å²) in [6, 6.07) is 20.1. The van der Waals surface area contributed by atoms with Gasteiger partial charge in [0.2, 0.25) is 0 Å². The van der Waals surface area contributed by atoms with E-state index in [0.717, 1.165) is 17.8 Å². The number of aryl methyl sites for hydroxylation is 1. The van der Waals surface area contributed by atoms with Gasteiger partial charge in [-0.3, -0.25) is 4.90 Å². The molecular weight excluding hydrogens is 424 g/mol. The van der Waals surface area contributed by atoms with Crippen molar-refractivity contribution in [2.75, 3.05) is 4.90 Å². The molecule has 2 unspecified atom stereocenters. The van der Waals surface area contributed by atoms with Gasteiger partial charge in [0.1, 0.15) is 0 Å². The van der Waals surface area contributed by atoms with Crippen LogP contribution in [0.1, 0.15) is 107 Å². The summed E-state index contributed by atoms with van der Waals surface area (Å²) in [4.78, 5) is 6.17. The van der Waals surface area contributed by atoms with E-state index < -0.39 is 0 Å². The topological polar surface area (TPSA) is 6.48 Å². The fraction of sp³-hybridized carbons (Fsp3) is 0.636. The smallest absolute Gasteiger partial charge is 0.0866 e. The van der Waals surface area contributed by atoms with Crippen LogP contribution >= 0.6 is 0 Å². The second-order valence-electron chi connectivity index (χ2n) is 12.6. The minimum atomic E-state index is 0.243. The SMILES string of the molecule is Cc1ccccc1N1C(C2CCCC2)N2C(c3ccccc3C2(C2CCCC2)C2CCCC2)[C@@H]1C. The highest BCUT2D eigenvalue weighted by atomic mass is 15.5. The zero-order valence-electron chi connectivity index (χ0n) is 22.0. The van der Waals surface area contributed by atoms with Crippen LogP contribution in [-0.4, -0.2) is 17.1 Å². The van der Waals surface area contributed by atoms with Crippen molar-refractivity contribution in [3.05, 3.63) is 65.2 Å². The maximum Gasteiger partial charge on any atom is 0.0866 e. The van der Waals surface area contributed by atoms with Crippen molar-refractivity contribution in [3.63, 3.8) is 0 Å². The third kappa shape index (κ3) is 3.11. The van der Waals surface area contributed by atoms with Crippen LogP contribution in [0.5, 0.6) is 0 Å². The molecule has 3 saturated carbocycles. The van der Waals surface area contributed by atoms with Gasteiger partial charge in [-0.15, -0.1) is 0 Å². The van der Waals surface area contributed by atoms with Crippen LogP contribution < -0.4 is 4.90 Å². The fourth-order valence-electron chi connectivity index (χ4n) is 9.89. The van der Waals surface area contributed by atoms with Crippen LogP contribution in [0.25, 0.3) is 0 Å². The number of nitrogens with zero attached hydrogens (tertiary/aromatic N) is 2. The predicted octanol–water partition coefficient (Wildman–Crippen LogP) is 8.35. The second kappa shape index (κ2) is 8.65. The highest BCUT2D eigenvalue weighted by Crippen LogP contribution is 2.66. The van der Waals surface area contributed by atoms with Crippen LogP contribution in [0.15, 0.2) is 48.5 Å². The van der Waals surface area contributed by atoms with Crippen LogP contribution in [0.3, 0.4) is 0 Å². The lowest BCUT2D eigenvalue weighted by molar-refractivity contribution is -0.0523. The van der Waals surface area contributed by atoms with Crippen LogP contribution in [-0.2, 0) is 5.54 Å². The third-order valence-electron chi connectivity index (χ3n) is 11.1. The molecule has 2 aliphatic heterocycles.